The van der Waals surface area contributed by atoms with Gasteiger partial charge in [-0.2, -0.15) is 0 Å². The third-order valence-corrected chi connectivity index (χ3v) is 3.91. The van der Waals surface area contributed by atoms with E-state index in [-0.39, 0.29) is 5.91 Å². The monoisotopic (exact) mass is 309 g/mol. The molecule has 1 amide bonds. The van der Waals surface area contributed by atoms with E-state index in [9.17, 15) is 4.79 Å². The number of amides is 1. The third kappa shape index (κ3) is 4.34. The van der Waals surface area contributed by atoms with Crippen LogP contribution >= 0.6 is 11.6 Å². The van der Waals surface area contributed by atoms with Crippen molar-refractivity contribution in [3.05, 3.63) is 22.8 Å². The van der Waals surface area contributed by atoms with Crippen LogP contribution in [0.15, 0.2) is 12.1 Å². The number of hydrogen-bond acceptors (Lipinski definition) is 3. The van der Waals surface area contributed by atoms with Gasteiger partial charge in [-0.15, -0.1) is 0 Å². The Balaban J connectivity index is 2.17. The van der Waals surface area contributed by atoms with Gasteiger partial charge < -0.3 is 10.2 Å². The van der Waals surface area contributed by atoms with Crippen molar-refractivity contribution < 1.29 is 4.79 Å². The van der Waals surface area contributed by atoms with E-state index in [1.54, 1.807) is 12.1 Å². The fourth-order valence-corrected chi connectivity index (χ4v) is 2.43. The maximum absolute atomic E-state index is 12.8. The van der Waals surface area contributed by atoms with Gasteiger partial charge in [-0.1, -0.05) is 25.4 Å². The van der Waals surface area contributed by atoms with Crippen LogP contribution in [0, 0.1) is 5.92 Å². The molecule has 1 fully saturated rings. The van der Waals surface area contributed by atoms with E-state index < -0.39 is 0 Å². The van der Waals surface area contributed by atoms with Crippen molar-refractivity contribution in [1.82, 2.24) is 9.88 Å². The topological polar surface area (TPSA) is 45.2 Å². The maximum atomic E-state index is 12.8. The fourth-order valence-electron chi connectivity index (χ4n) is 2.24. The van der Waals surface area contributed by atoms with Gasteiger partial charge >= 0.3 is 0 Å². The molecular weight excluding hydrogens is 286 g/mol. The van der Waals surface area contributed by atoms with Crippen LogP contribution in [0.2, 0.25) is 5.02 Å². The van der Waals surface area contributed by atoms with Gasteiger partial charge in [0.15, 0.2) is 0 Å². The van der Waals surface area contributed by atoms with E-state index in [1.807, 2.05) is 11.8 Å². The van der Waals surface area contributed by atoms with Crippen molar-refractivity contribution in [2.24, 2.45) is 5.92 Å². The van der Waals surface area contributed by atoms with E-state index in [0.29, 0.717) is 28.5 Å². The SMILES string of the molecule is CCNc1ccc(Cl)c(C(=O)N(CCC(C)C)C2CC2)n1. The molecule has 1 aromatic heterocycles. The predicted octanol–water partition coefficient (Wildman–Crippen LogP) is 3.82. The lowest BCUT2D eigenvalue weighted by atomic mass is 10.1. The normalized spacial score (nSPS) is 14.3. The van der Waals surface area contributed by atoms with Gasteiger partial charge in [-0.25, -0.2) is 4.98 Å². The fraction of sp³-hybridized carbons (Fsp3) is 0.625. The second-order valence-corrected chi connectivity index (χ2v) is 6.38. The van der Waals surface area contributed by atoms with Crippen LogP contribution < -0.4 is 5.32 Å². The molecule has 4 nitrogen and oxygen atoms in total. The van der Waals surface area contributed by atoms with Gasteiger partial charge in [0, 0.05) is 19.1 Å². The largest absolute Gasteiger partial charge is 0.370 e. The Morgan fingerprint density at radius 2 is 2.19 bits per heavy atom. The molecule has 2 rings (SSSR count). The number of pyridine rings is 1. The van der Waals surface area contributed by atoms with Gasteiger partial charge in [0.2, 0.25) is 0 Å². The highest BCUT2D eigenvalue weighted by Crippen LogP contribution is 2.30. The molecule has 1 heterocycles. The lowest BCUT2D eigenvalue weighted by molar-refractivity contribution is 0.0730. The van der Waals surface area contributed by atoms with Gasteiger partial charge in [-0.3, -0.25) is 4.79 Å². The molecule has 1 saturated carbocycles. The summed E-state index contributed by atoms with van der Waals surface area (Å²) in [6.45, 7) is 7.89. The number of carbonyl (C=O) groups is 1. The summed E-state index contributed by atoms with van der Waals surface area (Å²) in [5, 5.41) is 3.55. The Hall–Kier alpha value is -1.29. The Kier molecular flexibility index (Phi) is 5.45. The molecular formula is C16H24ClN3O. The van der Waals surface area contributed by atoms with Crippen LogP contribution in [-0.4, -0.2) is 34.9 Å². The van der Waals surface area contributed by atoms with Crippen molar-refractivity contribution >= 4 is 23.3 Å². The first-order valence-corrected chi connectivity index (χ1v) is 8.12. The summed E-state index contributed by atoms with van der Waals surface area (Å²) in [4.78, 5) is 19.1. The van der Waals surface area contributed by atoms with Gasteiger partial charge in [-0.05, 0) is 44.2 Å². The van der Waals surface area contributed by atoms with Crippen LogP contribution in [0.4, 0.5) is 5.82 Å². The highest BCUT2D eigenvalue weighted by molar-refractivity contribution is 6.33. The maximum Gasteiger partial charge on any atom is 0.274 e. The van der Waals surface area contributed by atoms with Gasteiger partial charge in [0.25, 0.3) is 5.91 Å². The number of hydrogen-bond donors (Lipinski definition) is 1. The second-order valence-electron chi connectivity index (χ2n) is 5.97. The summed E-state index contributed by atoms with van der Waals surface area (Å²) >= 11 is 6.19. The summed E-state index contributed by atoms with van der Waals surface area (Å²) < 4.78 is 0. The van der Waals surface area contributed by atoms with Crippen LogP contribution in [-0.2, 0) is 0 Å². The van der Waals surface area contributed by atoms with Crippen LogP contribution in [0.1, 0.15) is 50.5 Å². The van der Waals surface area contributed by atoms with Gasteiger partial charge in [0.1, 0.15) is 11.5 Å². The average Bonchev–Trinajstić information content (AvgIpc) is 3.25. The molecule has 0 bridgehead atoms. The molecule has 1 aromatic rings. The Bertz CT molecular complexity index is 500. The number of aromatic nitrogens is 1. The van der Waals surface area contributed by atoms with Crippen LogP contribution in [0.5, 0.6) is 0 Å². The molecule has 116 valence electrons. The minimum atomic E-state index is -0.0390. The highest BCUT2D eigenvalue weighted by Gasteiger charge is 2.34. The third-order valence-electron chi connectivity index (χ3n) is 3.60. The van der Waals surface area contributed by atoms with E-state index in [1.165, 1.54) is 0 Å². The van der Waals surface area contributed by atoms with Crippen molar-refractivity contribution in [1.29, 1.82) is 0 Å². The van der Waals surface area contributed by atoms with E-state index >= 15 is 0 Å². The summed E-state index contributed by atoms with van der Waals surface area (Å²) in [6, 6.07) is 3.92. The quantitative estimate of drug-likeness (QED) is 0.833. The Morgan fingerprint density at radius 1 is 1.48 bits per heavy atom. The zero-order chi connectivity index (χ0) is 15.4. The number of rotatable bonds is 7. The highest BCUT2D eigenvalue weighted by atomic mass is 35.5. The van der Waals surface area contributed by atoms with Gasteiger partial charge in [0.05, 0.1) is 5.02 Å². The number of carbonyl (C=O) groups excluding carboxylic acids is 1. The summed E-state index contributed by atoms with van der Waals surface area (Å²) in [5.74, 6) is 1.24. The first kappa shape index (κ1) is 16.1. The minimum Gasteiger partial charge on any atom is -0.370 e. The molecule has 1 aliphatic carbocycles. The van der Waals surface area contributed by atoms with Crippen molar-refractivity contribution in [3.8, 4) is 0 Å². The zero-order valence-electron chi connectivity index (χ0n) is 13.0. The van der Waals surface area contributed by atoms with E-state index in [2.05, 4.69) is 24.1 Å². The predicted molar refractivity (Wildman–Crippen MR) is 86.9 cm³/mol. The smallest absolute Gasteiger partial charge is 0.274 e. The molecule has 5 heteroatoms. The average molecular weight is 310 g/mol. The lowest BCUT2D eigenvalue weighted by Crippen LogP contribution is -2.35. The Labute approximate surface area is 131 Å². The van der Waals surface area contributed by atoms with E-state index in [4.69, 9.17) is 11.6 Å². The summed E-state index contributed by atoms with van der Waals surface area (Å²) in [6.07, 6.45) is 3.19. The van der Waals surface area contributed by atoms with Crippen LogP contribution in [0.25, 0.3) is 0 Å². The summed E-state index contributed by atoms with van der Waals surface area (Å²) in [5.41, 5.74) is 0.366. The van der Waals surface area contributed by atoms with E-state index in [0.717, 1.165) is 32.4 Å². The first-order chi connectivity index (χ1) is 10.0. The number of nitrogens with zero attached hydrogens (tertiary/aromatic N) is 2. The Morgan fingerprint density at radius 3 is 2.76 bits per heavy atom. The standard InChI is InChI=1S/C16H24ClN3O/c1-4-18-14-8-7-13(17)15(19-14)16(21)20(12-5-6-12)10-9-11(2)3/h7-8,11-12H,4-6,9-10H2,1-3H3,(H,18,19). The van der Waals surface area contributed by atoms with Crippen molar-refractivity contribution in [2.75, 3.05) is 18.4 Å². The van der Waals surface area contributed by atoms with Crippen LogP contribution in [0.3, 0.4) is 0 Å². The molecule has 21 heavy (non-hydrogen) atoms. The van der Waals surface area contributed by atoms with Crippen molar-refractivity contribution in [2.45, 2.75) is 46.1 Å². The zero-order valence-corrected chi connectivity index (χ0v) is 13.8. The number of halogens is 1. The van der Waals surface area contributed by atoms with Crippen molar-refractivity contribution in [3.63, 3.8) is 0 Å². The molecule has 1 N–H and O–H groups in total. The number of anilines is 1. The minimum absolute atomic E-state index is 0.0390. The second kappa shape index (κ2) is 7.12. The number of nitrogens with one attached hydrogen (secondary N) is 1. The lowest BCUT2D eigenvalue weighted by Gasteiger charge is -2.23. The molecule has 1 aliphatic rings. The first-order valence-electron chi connectivity index (χ1n) is 7.74. The summed E-state index contributed by atoms with van der Waals surface area (Å²) in [7, 11) is 0. The molecule has 0 saturated heterocycles. The molecule has 0 spiro atoms. The molecule has 0 radical (unpaired) electrons. The molecule has 0 aliphatic heterocycles. The molecule has 0 atom stereocenters. The molecule has 0 unspecified atom stereocenters. The molecule has 0 aromatic carbocycles.